The van der Waals surface area contributed by atoms with Crippen molar-refractivity contribution in [1.82, 2.24) is 10.2 Å². The van der Waals surface area contributed by atoms with E-state index in [4.69, 9.17) is 9.47 Å². The Morgan fingerprint density at radius 1 is 1.23 bits per heavy atom. The minimum atomic E-state index is -0.954. The first-order valence-corrected chi connectivity index (χ1v) is 9.02. The van der Waals surface area contributed by atoms with Gasteiger partial charge in [0.25, 0.3) is 5.91 Å². The van der Waals surface area contributed by atoms with E-state index in [0.29, 0.717) is 30.3 Å². The Hall–Kier alpha value is -2.28. The maximum absolute atomic E-state index is 12.8. The number of benzene rings is 1. The van der Waals surface area contributed by atoms with Gasteiger partial charge in [-0.25, -0.2) is 4.79 Å². The van der Waals surface area contributed by atoms with Gasteiger partial charge in [-0.05, 0) is 55.9 Å². The molecule has 7 nitrogen and oxygen atoms in total. The van der Waals surface area contributed by atoms with Crippen LogP contribution in [0.4, 0.5) is 4.79 Å². The van der Waals surface area contributed by atoms with Crippen LogP contribution in [0, 0.1) is 5.92 Å². The van der Waals surface area contributed by atoms with Gasteiger partial charge in [0.1, 0.15) is 29.7 Å². The van der Waals surface area contributed by atoms with Crippen molar-refractivity contribution in [3.05, 3.63) is 24.3 Å². The smallest absolute Gasteiger partial charge is 0.325 e. The Morgan fingerprint density at radius 2 is 1.85 bits per heavy atom. The molecule has 1 saturated carbocycles. The number of aliphatic hydroxyl groups excluding tert-OH is 1. The number of imide groups is 1. The molecule has 1 aromatic rings. The van der Waals surface area contributed by atoms with Crippen molar-refractivity contribution in [2.75, 3.05) is 20.3 Å². The molecular weight excluding hydrogens is 336 g/mol. The molecule has 26 heavy (non-hydrogen) atoms. The van der Waals surface area contributed by atoms with E-state index in [9.17, 15) is 14.7 Å². The van der Waals surface area contributed by atoms with E-state index < -0.39 is 17.7 Å². The topological polar surface area (TPSA) is 88.1 Å². The number of hydrogen-bond donors (Lipinski definition) is 2. The van der Waals surface area contributed by atoms with E-state index in [1.54, 1.807) is 31.4 Å². The van der Waals surface area contributed by atoms with E-state index in [-0.39, 0.29) is 19.1 Å². The minimum Gasteiger partial charge on any atom is -0.497 e. The lowest BCUT2D eigenvalue weighted by Gasteiger charge is -2.33. The molecule has 1 aliphatic heterocycles. The molecule has 1 aliphatic carbocycles. The fourth-order valence-corrected chi connectivity index (χ4v) is 3.56. The van der Waals surface area contributed by atoms with E-state index >= 15 is 0 Å². The van der Waals surface area contributed by atoms with Crippen molar-refractivity contribution in [2.24, 2.45) is 5.92 Å². The lowest BCUT2D eigenvalue weighted by molar-refractivity contribution is -0.133. The van der Waals surface area contributed by atoms with Crippen LogP contribution in [0.5, 0.6) is 11.5 Å². The Kier molecular flexibility index (Phi) is 5.36. The van der Waals surface area contributed by atoms with Crippen LogP contribution in [-0.4, -0.2) is 53.8 Å². The number of nitrogens with one attached hydrogen (secondary N) is 1. The number of hydrogen-bond acceptors (Lipinski definition) is 5. The van der Waals surface area contributed by atoms with Crippen LogP contribution >= 0.6 is 0 Å². The third-order valence-corrected chi connectivity index (χ3v) is 5.27. The highest BCUT2D eigenvalue weighted by Crippen LogP contribution is 2.36. The molecule has 142 valence electrons. The first-order valence-electron chi connectivity index (χ1n) is 9.02. The maximum atomic E-state index is 12.8. The van der Waals surface area contributed by atoms with Crippen molar-refractivity contribution >= 4 is 11.9 Å². The number of carbonyl (C=O) groups is 2. The summed E-state index contributed by atoms with van der Waals surface area (Å²) in [6.45, 7) is 2.08. The molecule has 3 amide bonds. The second-order valence-electron chi connectivity index (χ2n) is 7.25. The van der Waals surface area contributed by atoms with Crippen LogP contribution in [0.3, 0.4) is 0 Å². The van der Waals surface area contributed by atoms with Crippen molar-refractivity contribution in [3.63, 3.8) is 0 Å². The van der Waals surface area contributed by atoms with Gasteiger partial charge in [-0.15, -0.1) is 0 Å². The molecule has 2 fully saturated rings. The van der Waals surface area contributed by atoms with Gasteiger partial charge in [-0.3, -0.25) is 9.69 Å². The SMILES string of the molecule is COc1ccc(OC[C@@H](O)CN2C(=O)NC3(CCC(C)CC3)C2=O)cc1. The van der Waals surface area contributed by atoms with Gasteiger partial charge in [-0.2, -0.15) is 0 Å². The summed E-state index contributed by atoms with van der Waals surface area (Å²) in [6.07, 6.45) is 2.21. The fourth-order valence-electron chi connectivity index (χ4n) is 3.56. The van der Waals surface area contributed by atoms with Crippen LogP contribution in [-0.2, 0) is 4.79 Å². The molecule has 0 bridgehead atoms. The molecule has 0 aromatic heterocycles. The first-order chi connectivity index (χ1) is 12.4. The summed E-state index contributed by atoms with van der Waals surface area (Å²) in [5.41, 5.74) is -0.778. The van der Waals surface area contributed by atoms with Gasteiger partial charge in [-0.1, -0.05) is 6.92 Å². The van der Waals surface area contributed by atoms with Gasteiger partial charge >= 0.3 is 6.03 Å². The molecule has 1 spiro atoms. The summed E-state index contributed by atoms with van der Waals surface area (Å²) < 4.78 is 10.6. The summed E-state index contributed by atoms with van der Waals surface area (Å²) >= 11 is 0. The Labute approximate surface area is 153 Å². The van der Waals surface area contributed by atoms with Crippen LogP contribution < -0.4 is 14.8 Å². The van der Waals surface area contributed by atoms with E-state index in [2.05, 4.69) is 12.2 Å². The summed E-state index contributed by atoms with van der Waals surface area (Å²) in [5.74, 6) is 1.64. The van der Waals surface area contributed by atoms with Gasteiger partial charge < -0.3 is 19.9 Å². The monoisotopic (exact) mass is 362 g/mol. The van der Waals surface area contributed by atoms with E-state index in [1.807, 2.05) is 0 Å². The van der Waals surface area contributed by atoms with Crippen molar-refractivity contribution in [1.29, 1.82) is 0 Å². The molecule has 0 unspecified atom stereocenters. The fraction of sp³-hybridized carbons (Fsp3) is 0.579. The Bertz CT molecular complexity index is 652. The average Bonchev–Trinajstić information content (AvgIpc) is 2.87. The van der Waals surface area contributed by atoms with Gasteiger partial charge in [0.15, 0.2) is 0 Å². The molecule has 2 N–H and O–H groups in total. The average molecular weight is 362 g/mol. The summed E-state index contributed by atoms with van der Waals surface area (Å²) in [6, 6.07) is 6.56. The highest BCUT2D eigenvalue weighted by Gasteiger charge is 2.52. The summed E-state index contributed by atoms with van der Waals surface area (Å²) in [7, 11) is 1.58. The largest absolute Gasteiger partial charge is 0.497 e. The van der Waals surface area contributed by atoms with Crippen molar-refractivity contribution in [2.45, 2.75) is 44.2 Å². The molecule has 1 aromatic carbocycles. The zero-order valence-corrected chi connectivity index (χ0v) is 15.2. The second-order valence-corrected chi connectivity index (χ2v) is 7.25. The minimum absolute atomic E-state index is 0.00652. The first kappa shape index (κ1) is 18.5. The van der Waals surface area contributed by atoms with E-state index in [1.165, 1.54) is 0 Å². The number of urea groups is 1. The predicted molar refractivity (Wildman–Crippen MR) is 95.1 cm³/mol. The molecule has 1 saturated heterocycles. The van der Waals surface area contributed by atoms with Gasteiger partial charge in [0.05, 0.1) is 13.7 Å². The standard InChI is InChI=1S/C19H26N2O5/c1-13-7-9-19(10-8-13)17(23)21(18(24)20-19)11-14(22)12-26-16-5-3-15(25-2)4-6-16/h3-6,13-14,22H,7-12H2,1-2H3,(H,20,24)/t13?,14-,19?/m0/s1. The lowest BCUT2D eigenvalue weighted by Crippen LogP contribution is -2.49. The number of ether oxygens (including phenoxy) is 2. The van der Waals surface area contributed by atoms with Gasteiger partial charge in [0, 0.05) is 0 Å². The van der Waals surface area contributed by atoms with Gasteiger partial charge in [0.2, 0.25) is 0 Å². The second kappa shape index (κ2) is 7.53. The maximum Gasteiger partial charge on any atom is 0.325 e. The zero-order valence-electron chi connectivity index (χ0n) is 15.2. The summed E-state index contributed by atoms with van der Waals surface area (Å²) in [4.78, 5) is 26.1. The van der Waals surface area contributed by atoms with E-state index in [0.717, 1.165) is 17.7 Å². The highest BCUT2D eigenvalue weighted by molar-refractivity contribution is 6.07. The Balaban J connectivity index is 1.54. The Morgan fingerprint density at radius 3 is 2.46 bits per heavy atom. The number of rotatable bonds is 6. The van der Waals surface area contributed by atoms with Crippen LogP contribution in [0.2, 0.25) is 0 Å². The molecule has 1 heterocycles. The van der Waals surface area contributed by atoms with Crippen molar-refractivity contribution < 1.29 is 24.2 Å². The number of β-amino-alcohol motifs (C(OH)–C–C–N with tert-alkyl or cyclic N) is 1. The number of amides is 3. The molecule has 1 atom stereocenters. The van der Waals surface area contributed by atoms with Crippen LogP contribution in [0.1, 0.15) is 32.6 Å². The van der Waals surface area contributed by atoms with Crippen LogP contribution in [0.25, 0.3) is 0 Å². The number of methoxy groups -OCH3 is 1. The zero-order chi connectivity index (χ0) is 18.7. The number of carbonyl (C=O) groups excluding carboxylic acids is 2. The molecular formula is C19H26N2O5. The molecule has 7 heteroatoms. The quantitative estimate of drug-likeness (QED) is 0.755. The van der Waals surface area contributed by atoms with Crippen LogP contribution in [0.15, 0.2) is 24.3 Å². The highest BCUT2D eigenvalue weighted by atomic mass is 16.5. The molecule has 2 aliphatic rings. The third kappa shape index (κ3) is 3.77. The number of aliphatic hydroxyl groups is 1. The molecule has 3 rings (SSSR count). The predicted octanol–water partition coefficient (Wildman–Crippen LogP) is 1.94. The third-order valence-electron chi connectivity index (χ3n) is 5.27. The molecule has 0 radical (unpaired) electrons. The lowest BCUT2D eigenvalue weighted by atomic mass is 9.77. The number of nitrogens with zero attached hydrogens (tertiary/aromatic N) is 1. The van der Waals surface area contributed by atoms with Crippen molar-refractivity contribution in [3.8, 4) is 11.5 Å². The normalized spacial score (nSPS) is 26.7. The summed E-state index contributed by atoms with van der Waals surface area (Å²) in [5, 5.41) is 13.1.